The average molecular weight is 267 g/mol. The highest BCUT2D eigenvalue weighted by atomic mass is 16.1. The van der Waals surface area contributed by atoms with Crippen molar-refractivity contribution < 1.29 is 4.79 Å². The second kappa shape index (κ2) is 5.02. The number of rotatable bonds is 4. The van der Waals surface area contributed by atoms with Crippen LogP contribution in [0.2, 0.25) is 0 Å². The lowest BCUT2D eigenvalue weighted by atomic mass is 9.64. The molecule has 0 unspecified atom stereocenters. The first kappa shape index (κ1) is 13.3. The fourth-order valence-electron chi connectivity index (χ4n) is 3.24. The topological polar surface area (TPSA) is 29.1 Å². The Hall–Kier alpha value is -1.67. The van der Waals surface area contributed by atoms with Crippen LogP contribution in [-0.2, 0) is 0 Å². The summed E-state index contributed by atoms with van der Waals surface area (Å²) in [6, 6.07) is 12.5. The van der Waals surface area contributed by atoms with E-state index in [0.717, 1.165) is 30.3 Å². The maximum atomic E-state index is 12.8. The molecular formula is C18H21NO. The summed E-state index contributed by atoms with van der Waals surface area (Å²) in [5.41, 5.74) is 1.95. The van der Waals surface area contributed by atoms with Gasteiger partial charge in [-0.3, -0.25) is 4.79 Å². The van der Waals surface area contributed by atoms with Gasteiger partial charge in [-0.1, -0.05) is 42.3 Å². The number of carbonyl (C=O) groups is 1. The third kappa shape index (κ3) is 2.14. The second-order valence-corrected chi connectivity index (χ2v) is 6.06. The van der Waals surface area contributed by atoms with E-state index in [9.17, 15) is 4.79 Å². The van der Waals surface area contributed by atoms with E-state index in [-0.39, 0.29) is 5.41 Å². The first-order valence-electron chi connectivity index (χ1n) is 7.34. The normalized spacial score (nSPS) is 16.9. The van der Waals surface area contributed by atoms with Crippen molar-refractivity contribution in [2.24, 2.45) is 5.41 Å². The monoisotopic (exact) mass is 267 g/mol. The molecule has 0 spiro atoms. The lowest BCUT2D eigenvalue weighted by Crippen LogP contribution is -2.45. The highest BCUT2D eigenvalue weighted by Gasteiger charge is 2.43. The molecule has 0 amide bonds. The van der Waals surface area contributed by atoms with E-state index in [1.165, 1.54) is 17.4 Å². The molecule has 104 valence electrons. The fraction of sp³-hybridized carbons (Fsp3) is 0.389. The van der Waals surface area contributed by atoms with Crippen molar-refractivity contribution in [2.45, 2.75) is 26.2 Å². The Morgan fingerprint density at radius 3 is 2.50 bits per heavy atom. The van der Waals surface area contributed by atoms with Gasteiger partial charge >= 0.3 is 0 Å². The molecule has 0 heterocycles. The van der Waals surface area contributed by atoms with Gasteiger partial charge in [0.1, 0.15) is 0 Å². The number of hydrogen-bond acceptors (Lipinski definition) is 2. The highest BCUT2D eigenvalue weighted by Crippen LogP contribution is 2.43. The van der Waals surface area contributed by atoms with Crippen LogP contribution in [0.3, 0.4) is 0 Å². The molecule has 0 aliphatic heterocycles. The van der Waals surface area contributed by atoms with E-state index in [4.69, 9.17) is 0 Å². The van der Waals surface area contributed by atoms with Crippen LogP contribution in [0.1, 0.15) is 35.2 Å². The zero-order valence-corrected chi connectivity index (χ0v) is 12.2. The second-order valence-electron chi connectivity index (χ2n) is 6.06. The number of carbonyl (C=O) groups excluding carboxylic acids is 1. The molecule has 0 bridgehead atoms. The summed E-state index contributed by atoms with van der Waals surface area (Å²) in [5, 5.41) is 5.54. The molecule has 1 N–H and O–H groups in total. The number of hydrogen-bond donors (Lipinski definition) is 1. The third-order valence-corrected chi connectivity index (χ3v) is 4.57. The Bertz CT molecular complexity index is 656. The lowest BCUT2D eigenvalue weighted by Gasteiger charge is -2.40. The molecule has 3 rings (SSSR count). The minimum Gasteiger partial charge on any atom is -0.319 e. The molecule has 1 saturated carbocycles. The van der Waals surface area contributed by atoms with Gasteiger partial charge in [0.2, 0.25) is 0 Å². The first-order valence-corrected chi connectivity index (χ1v) is 7.34. The standard InChI is InChI=1S/C18H21NO/c1-13-4-5-15-11-16(7-6-14(15)10-13)17(20)18(12-19-2)8-3-9-18/h4-7,10-11,19H,3,8-9,12H2,1-2H3. The minimum atomic E-state index is -0.160. The van der Waals surface area contributed by atoms with Crippen molar-refractivity contribution in [3.05, 3.63) is 47.5 Å². The van der Waals surface area contributed by atoms with Gasteiger partial charge in [0, 0.05) is 17.5 Å². The van der Waals surface area contributed by atoms with Crippen LogP contribution in [0, 0.1) is 12.3 Å². The Balaban J connectivity index is 1.97. The van der Waals surface area contributed by atoms with E-state index in [2.05, 4.69) is 36.5 Å². The van der Waals surface area contributed by atoms with E-state index >= 15 is 0 Å². The van der Waals surface area contributed by atoms with Crippen molar-refractivity contribution in [2.75, 3.05) is 13.6 Å². The highest BCUT2D eigenvalue weighted by molar-refractivity contribution is 6.04. The molecule has 0 atom stereocenters. The number of Topliss-reactive ketones (excluding diaryl/α,β-unsaturated/α-hetero) is 1. The van der Waals surface area contributed by atoms with E-state index in [1.807, 2.05) is 19.2 Å². The Morgan fingerprint density at radius 2 is 1.85 bits per heavy atom. The molecule has 0 radical (unpaired) electrons. The van der Waals surface area contributed by atoms with E-state index < -0.39 is 0 Å². The SMILES string of the molecule is CNCC1(C(=O)c2ccc3cc(C)ccc3c2)CCC1. The largest absolute Gasteiger partial charge is 0.319 e. The van der Waals surface area contributed by atoms with Gasteiger partial charge in [-0.2, -0.15) is 0 Å². The molecule has 2 nitrogen and oxygen atoms in total. The van der Waals surface area contributed by atoms with Gasteiger partial charge in [0.15, 0.2) is 5.78 Å². The van der Waals surface area contributed by atoms with Gasteiger partial charge in [0.25, 0.3) is 0 Å². The van der Waals surface area contributed by atoms with Gasteiger partial charge < -0.3 is 5.32 Å². The van der Waals surface area contributed by atoms with Gasteiger partial charge in [-0.05, 0) is 43.7 Å². The van der Waals surface area contributed by atoms with Crippen LogP contribution in [0.25, 0.3) is 10.8 Å². The maximum absolute atomic E-state index is 12.8. The summed E-state index contributed by atoms with van der Waals surface area (Å²) < 4.78 is 0. The van der Waals surface area contributed by atoms with Crippen LogP contribution in [0.5, 0.6) is 0 Å². The summed E-state index contributed by atoms with van der Waals surface area (Å²) in [4.78, 5) is 12.8. The van der Waals surface area contributed by atoms with Crippen molar-refractivity contribution in [1.29, 1.82) is 0 Å². The fourth-order valence-corrected chi connectivity index (χ4v) is 3.24. The predicted molar refractivity (Wildman–Crippen MR) is 83.2 cm³/mol. The number of ketones is 1. The van der Waals surface area contributed by atoms with E-state index in [0.29, 0.717) is 5.78 Å². The lowest BCUT2D eigenvalue weighted by molar-refractivity contribution is 0.0614. The van der Waals surface area contributed by atoms with Crippen molar-refractivity contribution in [3.8, 4) is 0 Å². The van der Waals surface area contributed by atoms with Crippen molar-refractivity contribution >= 4 is 16.6 Å². The summed E-state index contributed by atoms with van der Waals surface area (Å²) in [5.74, 6) is 0.306. The molecule has 20 heavy (non-hydrogen) atoms. The summed E-state index contributed by atoms with van der Waals surface area (Å²) in [7, 11) is 1.93. The smallest absolute Gasteiger partial charge is 0.170 e. The Labute approximate surface area is 120 Å². The maximum Gasteiger partial charge on any atom is 0.170 e. The molecule has 0 aromatic heterocycles. The first-order chi connectivity index (χ1) is 9.64. The molecule has 0 saturated heterocycles. The summed E-state index contributed by atoms with van der Waals surface area (Å²) in [6.45, 7) is 2.88. The number of benzene rings is 2. The molecule has 2 heteroatoms. The van der Waals surface area contributed by atoms with Crippen molar-refractivity contribution in [3.63, 3.8) is 0 Å². The molecule has 2 aromatic carbocycles. The van der Waals surface area contributed by atoms with Gasteiger partial charge in [0.05, 0.1) is 0 Å². The molecule has 2 aromatic rings. The number of aryl methyl sites for hydroxylation is 1. The van der Waals surface area contributed by atoms with E-state index in [1.54, 1.807) is 0 Å². The number of nitrogens with one attached hydrogen (secondary N) is 1. The van der Waals surface area contributed by atoms with Crippen LogP contribution in [0.15, 0.2) is 36.4 Å². The average Bonchev–Trinajstić information content (AvgIpc) is 2.41. The van der Waals surface area contributed by atoms with Crippen LogP contribution in [-0.4, -0.2) is 19.4 Å². The van der Waals surface area contributed by atoms with Gasteiger partial charge in [-0.25, -0.2) is 0 Å². The predicted octanol–water partition coefficient (Wildman–Crippen LogP) is 3.72. The summed E-state index contributed by atoms with van der Waals surface area (Å²) >= 11 is 0. The molecule has 1 aliphatic rings. The molecular weight excluding hydrogens is 246 g/mol. The minimum absolute atomic E-state index is 0.160. The zero-order chi connectivity index (χ0) is 14.2. The number of fused-ring (bicyclic) bond motifs is 1. The Morgan fingerprint density at radius 1 is 1.15 bits per heavy atom. The van der Waals surface area contributed by atoms with Gasteiger partial charge in [-0.15, -0.1) is 0 Å². The Kier molecular flexibility index (Phi) is 3.35. The molecule has 1 aliphatic carbocycles. The van der Waals surface area contributed by atoms with Crippen LogP contribution < -0.4 is 5.32 Å². The third-order valence-electron chi connectivity index (χ3n) is 4.57. The van der Waals surface area contributed by atoms with Crippen molar-refractivity contribution in [1.82, 2.24) is 5.32 Å². The quantitative estimate of drug-likeness (QED) is 0.855. The summed E-state index contributed by atoms with van der Waals surface area (Å²) in [6.07, 6.45) is 3.19. The molecule has 1 fully saturated rings. The zero-order valence-electron chi connectivity index (χ0n) is 12.2. The van der Waals surface area contributed by atoms with Crippen LogP contribution >= 0.6 is 0 Å². The van der Waals surface area contributed by atoms with Crippen LogP contribution in [0.4, 0.5) is 0 Å².